The highest BCUT2D eigenvalue weighted by atomic mass is 16.5. The second-order valence-electron chi connectivity index (χ2n) is 7.93. The van der Waals surface area contributed by atoms with Gasteiger partial charge >= 0.3 is 0 Å². The number of nitrogens with one attached hydrogen (secondary N) is 1. The summed E-state index contributed by atoms with van der Waals surface area (Å²) in [6, 6.07) is 28.0. The van der Waals surface area contributed by atoms with Crippen molar-refractivity contribution in [3.8, 4) is 0 Å². The minimum atomic E-state index is -0.574. The molecule has 1 atom stereocenters. The van der Waals surface area contributed by atoms with Crippen LogP contribution in [0.2, 0.25) is 0 Å². The van der Waals surface area contributed by atoms with Crippen molar-refractivity contribution in [1.82, 2.24) is 5.32 Å². The molecule has 0 bridgehead atoms. The Morgan fingerprint density at radius 1 is 0.828 bits per heavy atom. The summed E-state index contributed by atoms with van der Waals surface area (Å²) in [5.74, 6) is 0. The Morgan fingerprint density at radius 3 is 1.83 bits per heavy atom. The standard InChI is InChI=1S/C27H33NO/c1-5-16-28-23(4)27(25-12-8-6-9-13-25,26-14-10-7-11-15-26)29-20-24-18-21(2)17-22(3)19-24/h6-15,17-19,23,28H,5,16,20H2,1-4H3. The van der Waals surface area contributed by atoms with Gasteiger partial charge in [-0.15, -0.1) is 0 Å². The maximum absolute atomic E-state index is 6.89. The summed E-state index contributed by atoms with van der Waals surface area (Å²) in [7, 11) is 0. The lowest BCUT2D eigenvalue weighted by atomic mass is 9.80. The Kier molecular flexibility index (Phi) is 7.24. The normalized spacial score (nSPS) is 12.7. The number of rotatable bonds is 9. The van der Waals surface area contributed by atoms with Crippen molar-refractivity contribution in [3.63, 3.8) is 0 Å². The van der Waals surface area contributed by atoms with Gasteiger partial charge in [-0.2, -0.15) is 0 Å². The molecule has 152 valence electrons. The summed E-state index contributed by atoms with van der Waals surface area (Å²) in [4.78, 5) is 0. The number of benzene rings is 3. The van der Waals surface area contributed by atoms with Crippen LogP contribution in [0, 0.1) is 13.8 Å². The first kappa shape index (κ1) is 21.3. The third-order valence-electron chi connectivity index (χ3n) is 5.46. The predicted molar refractivity (Wildman–Crippen MR) is 122 cm³/mol. The fraction of sp³-hybridized carbons (Fsp3) is 0.333. The molecule has 0 aliphatic rings. The molecular weight excluding hydrogens is 354 g/mol. The maximum Gasteiger partial charge on any atom is 0.133 e. The Labute approximate surface area is 175 Å². The van der Waals surface area contributed by atoms with Crippen LogP contribution in [0.25, 0.3) is 0 Å². The molecule has 0 aromatic heterocycles. The van der Waals surface area contributed by atoms with Crippen molar-refractivity contribution in [2.75, 3.05) is 6.54 Å². The largest absolute Gasteiger partial charge is 0.359 e. The lowest BCUT2D eigenvalue weighted by Crippen LogP contribution is -2.49. The van der Waals surface area contributed by atoms with Crippen LogP contribution in [0.4, 0.5) is 0 Å². The van der Waals surface area contributed by atoms with Crippen LogP contribution in [0.5, 0.6) is 0 Å². The second-order valence-corrected chi connectivity index (χ2v) is 7.93. The smallest absolute Gasteiger partial charge is 0.133 e. The Morgan fingerprint density at radius 2 is 1.34 bits per heavy atom. The van der Waals surface area contributed by atoms with E-state index in [1.165, 1.54) is 27.8 Å². The van der Waals surface area contributed by atoms with Crippen molar-refractivity contribution in [3.05, 3.63) is 107 Å². The first-order valence-corrected chi connectivity index (χ1v) is 10.6. The SMILES string of the molecule is CCCNC(C)C(OCc1cc(C)cc(C)c1)(c1ccccc1)c1ccccc1. The van der Waals surface area contributed by atoms with Crippen LogP contribution in [0.1, 0.15) is 48.1 Å². The van der Waals surface area contributed by atoms with Crippen LogP contribution >= 0.6 is 0 Å². The topological polar surface area (TPSA) is 21.3 Å². The van der Waals surface area contributed by atoms with Gasteiger partial charge in [0.2, 0.25) is 0 Å². The van der Waals surface area contributed by atoms with Gasteiger partial charge in [-0.1, -0.05) is 96.9 Å². The molecule has 3 aromatic carbocycles. The van der Waals surface area contributed by atoms with Crippen molar-refractivity contribution in [2.24, 2.45) is 0 Å². The predicted octanol–water partition coefficient (Wildman–Crippen LogP) is 6.15. The van der Waals surface area contributed by atoms with E-state index >= 15 is 0 Å². The minimum absolute atomic E-state index is 0.109. The molecular formula is C27H33NO. The molecule has 0 radical (unpaired) electrons. The lowest BCUT2D eigenvalue weighted by Gasteiger charge is -2.41. The van der Waals surface area contributed by atoms with Gasteiger partial charge in [-0.25, -0.2) is 0 Å². The monoisotopic (exact) mass is 387 g/mol. The molecule has 2 nitrogen and oxygen atoms in total. The van der Waals surface area contributed by atoms with Gasteiger partial charge in [0.25, 0.3) is 0 Å². The highest BCUT2D eigenvalue weighted by molar-refractivity contribution is 5.39. The van der Waals surface area contributed by atoms with Crippen molar-refractivity contribution in [1.29, 1.82) is 0 Å². The summed E-state index contributed by atoms with van der Waals surface area (Å²) >= 11 is 0. The highest BCUT2D eigenvalue weighted by Gasteiger charge is 2.40. The molecule has 1 unspecified atom stereocenters. The lowest BCUT2D eigenvalue weighted by molar-refractivity contribution is -0.0532. The molecule has 0 saturated carbocycles. The fourth-order valence-corrected chi connectivity index (χ4v) is 4.18. The van der Waals surface area contributed by atoms with Crippen molar-refractivity contribution < 1.29 is 4.74 Å². The quantitative estimate of drug-likeness (QED) is 0.475. The zero-order valence-electron chi connectivity index (χ0n) is 18.1. The fourth-order valence-electron chi connectivity index (χ4n) is 4.18. The van der Waals surface area contributed by atoms with Gasteiger partial charge in [-0.3, -0.25) is 0 Å². The van der Waals surface area contributed by atoms with E-state index in [1.807, 2.05) is 0 Å². The molecule has 0 saturated heterocycles. The Balaban J connectivity index is 2.07. The van der Waals surface area contributed by atoms with E-state index in [0.29, 0.717) is 6.61 Å². The second kappa shape index (κ2) is 9.87. The molecule has 3 aromatic rings. The molecule has 0 heterocycles. The van der Waals surface area contributed by atoms with Crippen LogP contribution in [0.15, 0.2) is 78.9 Å². The summed E-state index contributed by atoms with van der Waals surface area (Å²) in [5, 5.41) is 3.70. The van der Waals surface area contributed by atoms with E-state index in [0.717, 1.165) is 13.0 Å². The number of ether oxygens (including phenoxy) is 1. The number of hydrogen-bond donors (Lipinski definition) is 1. The third-order valence-corrected chi connectivity index (χ3v) is 5.46. The minimum Gasteiger partial charge on any atom is -0.359 e. The van der Waals surface area contributed by atoms with Gasteiger partial charge in [0, 0.05) is 6.04 Å². The van der Waals surface area contributed by atoms with E-state index < -0.39 is 5.60 Å². The summed E-state index contributed by atoms with van der Waals surface area (Å²) in [6.07, 6.45) is 1.08. The van der Waals surface area contributed by atoms with E-state index in [1.54, 1.807) is 0 Å². The molecule has 0 aliphatic heterocycles. The van der Waals surface area contributed by atoms with E-state index in [9.17, 15) is 0 Å². The molecule has 3 rings (SSSR count). The first-order valence-electron chi connectivity index (χ1n) is 10.6. The van der Waals surface area contributed by atoms with Crippen molar-refractivity contribution in [2.45, 2.75) is 52.4 Å². The summed E-state index contributed by atoms with van der Waals surface area (Å²) < 4.78 is 6.89. The van der Waals surface area contributed by atoms with Gasteiger partial charge in [0.1, 0.15) is 5.60 Å². The van der Waals surface area contributed by atoms with Gasteiger partial charge in [-0.05, 0) is 50.4 Å². The van der Waals surface area contributed by atoms with Crippen LogP contribution in [-0.4, -0.2) is 12.6 Å². The Hall–Kier alpha value is -2.42. The summed E-state index contributed by atoms with van der Waals surface area (Å²) in [5.41, 5.74) is 5.52. The maximum atomic E-state index is 6.89. The number of aryl methyl sites for hydroxylation is 2. The zero-order chi connectivity index (χ0) is 20.7. The molecule has 0 fully saturated rings. The molecule has 1 N–H and O–H groups in total. The molecule has 2 heteroatoms. The number of hydrogen-bond acceptors (Lipinski definition) is 2. The molecule has 0 spiro atoms. The average molecular weight is 388 g/mol. The van der Waals surface area contributed by atoms with Crippen LogP contribution in [-0.2, 0) is 16.9 Å². The van der Waals surface area contributed by atoms with Gasteiger partial charge in [0.15, 0.2) is 0 Å². The van der Waals surface area contributed by atoms with E-state index in [-0.39, 0.29) is 6.04 Å². The van der Waals surface area contributed by atoms with Crippen LogP contribution < -0.4 is 5.32 Å². The van der Waals surface area contributed by atoms with Crippen LogP contribution in [0.3, 0.4) is 0 Å². The molecule has 29 heavy (non-hydrogen) atoms. The van der Waals surface area contributed by atoms with Gasteiger partial charge in [0.05, 0.1) is 6.61 Å². The summed E-state index contributed by atoms with van der Waals surface area (Å²) in [6.45, 7) is 10.2. The molecule has 0 aliphatic carbocycles. The average Bonchev–Trinajstić information content (AvgIpc) is 2.73. The molecule has 0 amide bonds. The first-order chi connectivity index (χ1) is 14.1. The zero-order valence-corrected chi connectivity index (χ0v) is 18.1. The van der Waals surface area contributed by atoms with Crippen molar-refractivity contribution >= 4 is 0 Å². The van der Waals surface area contributed by atoms with E-state index in [4.69, 9.17) is 4.74 Å². The van der Waals surface area contributed by atoms with Gasteiger partial charge < -0.3 is 10.1 Å². The highest BCUT2D eigenvalue weighted by Crippen LogP contribution is 2.38. The third kappa shape index (κ3) is 4.95. The van der Waals surface area contributed by atoms with E-state index in [2.05, 4.69) is 112 Å². The Bertz CT molecular complexity index is 829.